The highest BCUT2D eigenvalue weighted by molar-refractivity contribution is 7.80. The molecule has 0 unspecified atom stereocenters. The van der Waals surface area contributed by atoms with Gasteiger partial charge in [0.2, 0.25) is 0 Å². The predicted molar refractivity (Wildman–Crippen MR) is 88.4 cm³/mol. The molecular formula is C15H24N4S. The van der Waals surface area contributed by atoms with Gasteiger partial charge < -0.3 is 10.6 Å². The highest BCUT2D eigenvalue weighted by Crippen LogP contribution is 2.23. The third-order valence-electron chi connectivity index (χ3n) is 3.69. The number of anilines is 1. The Kier molecular flexibility index (Phi) is 4.60. The molecule has 0 amide bonds. The van der Waals surface area contributed by atoms with E-state index in [-0.39, 0.29) is 5.41 Å². The molecule has 20 heavy (non-hydrogen) atoms. The van der Waals surface area contributed by atoms with Crippen molar-refractivity contribution in [2.75, 3.05) is 37.6 Å². The molecule has 0 radical (unpaired) electrons. The molecule has 2 N–H and O–H groups in total. The maximum atomic E-state index is 5.59. The number of nitrogens with two attached hydrogens (primary N) is 1. The predicted octanol–water partition coefficient (Wildman–Crippen LogP) is 1.79. The van der Waals surface area contributed by atoms with Crippen molar-refractivity contribution in [1.82, 2.24) is 9.88 Å². The van der Waals surface area contributed by atoms with E-state index in [0.717, 1.165) is 38.5 Å². The minimum Gasteiger partial charge on any atom is -0.392 e. The monoisotopic (exact) mass is 292 g/mol. The molecule has 1 aromatic rings. The number of aromatic nitrogens is 1. The Morgan fingerprint density at radius 3 is 2.35 bits per heavy atom. The molecule has 4 nitrogen and oxygen atoms in total. The third-order valence-corrected chi connectivity index (χ3v) is 3.82. The molecule has 1 aliphatic rings. The SMILES string of the molecule is CC(C)(C)c1ccc(N2CCN(CC(N)=S)CC2)nc1. The molecule has 110 valence electrons. The standard InChI is InChI=1S/C15H24N4S/c1-15(2,3)12-4-5-14(17-10-12)19-8-6-18(7-9-19)11-13(16)20/h4-5,10H,6-9,11H2,1-3H3,(H2,16,20). The summed E-state index contributed by atoms with van der Waals surface area (Å²) in [5.41, 5.74) is 7.02. The van der Waals surface area contributed by atoms with Gasteiger partial charge in [-0.2, -0.15) is 0 Å². The molecule has 0 spiro atoms. The highest BCUT2D eigenvalue weighted by atomic mass is 32.1. The van der Waals surface area contributed by atoms with Crippen molar-refractivity contribution in [3.05, 3.63) is 23.9 Å². The van der Waals surface area contributed by atoms with Crippen molar-refractivity contribution in [1.29, 1.82) is 0 Å². The van der Waals surface area contributed by atoms with Gasteiger partial charge in [0.1, 0.15) is 5.82 Å². The Hall–Kier alpha value is -1.20. The maximum absolute atomic E-state index is 5.59. The van der Waals surface area contributed by atoms with Gasteiger partial charge in [0.15, 0.2) is 0 Å². The molecule has 5 heteroatoms. The third kappa shape index (κ3) is 3.90. The Morgan fingerprint density at radius 1 is 1.25 bits per heavy atom. The summed E-state index contributed by atoms with van der Waals surface area (Å²) in [6, 6.07) is 4.31. The molecule has 1 aliphatic heterocycles. The van der Waals surface area contributed by atoms with Crippen molar-refractivity contribution in [2.45, 2.75) is 26.2 Å². The molecule has 1 fully saturated rings. The van der Waals surface area contributed by atoms with Gasteiger partial charge in [0.25, 0.3) is 0 Å². The molecule has 2 heterocycles. The zero-order chi connectivity index (χ0) is 14.8. The van der Waals surface area contributed by atoms with E-state index in [4.69, 9.17) is 18.0 Å². The summed E-state index contributed by atoms with van der Waals surface area (Å²) < 4.78 is 0. The van der Waals surface area contributed by atoms with Crippen molar-refractivity contribution in [3.8, 4) is 0 Å². The summed E-state index contributed by atoms with van der Waals surface area (Å²) in [7, 11) is 0. The van der Waals surface area contributed by atoms with E-state index in [0.29, 0.717) is 4.99 Å². The van der Waals surface area contributed by atoms with Crippen LogP contribution >= 0.6 is 12.2 Å². The van der Waals surface area contributed by atoms with Crippen LogP contribution < -0.4 is 10.6 Å². The van der Waals surface area contributed by atoms with Crippen LogP contribution in [0.5, 0.6) is 0 Å². The van der Waals surface area contributed by atoms with E-state index >= 15 is 0 Å². The number of piperazine rings is 1. The summed E-state index contributed by atoms with van der Waals surface area (Å²) in [6.45, 7) is 11.3. The van der Waals surface area contributed by atoms with Gasteiger partial charge >= 0.3 is 0 Å². The molecule has 1 aromatic heterocycles. The largest absolute Gasteiger partial charge is 0.392 e. The zero-order valence-corrected chi connectivity index (χ0v) is 13.4. The first-order valence-corrected chi connectivity index (χ1v) is 7.49. The van der Waals surface area contributed by atoms with Crippen LogP contribution in [0.2, 0.25) is 0 Å². The molecule has 1 saturated heterocycles. The van der Waals surface area contributed by atoms with E-state index in [9.17, 15) is 0 Å². The van der Waals surface area contributed by atoms with Crippen molar-refractivity contribution in [2.24, 2.45) is 5.73 Å². The number of hydrogen-bond donors (Lipinski definition) is 1. The zero-order valence-electron chi connectivity index (χ0n) is 12.6. The quantitative estimate of drug-likeness (QED) is 0.861. The summed E-state index contributed by atoms with van der Waals surface area (Å²) in [5.74, 6) is 1.06. The first kappa shape index (κ1) is 15.2. The Balaban J connectivity index is 1.95. The Morgan fingerprint density at radius 2 is 1.90 bits per heavy atom. The molecule has 0 aromatic carbocycles. The molecule has 0 atom stereocenters. The van der Waals surface area contributed by atoms with E-state index in [1.165, 1.54) is 5.56 Å². The number of thiocarbonyl (C=S) groups is 1. The fourth-order valence-electron chi connectivity index (χ4n) is 2.37. The van der Waals surface area contributed by atoms with Crippen LogP contribution in [0.4, 0.5) is 5.82 Å². The van der Waals surface area contributed by atoms with Gasteiger partial charge in [-0.15, -0.1) is 0 Å². The second kappa shape index (κ2) is 6.06. The minimum absolute atomic E-state index is 0.154. The average molecular weight is 292 g/mol. The molecule has 2 rings (SSSR count). The first-order valence-electron chi connectivity index (χ1n) is 7.08. The summed E-state index contributed by atoms with van der Waals surface area (Å²) >= 11 is 4.96. The molecular weight excluding hydrogens is 268 g/mol. The van der Waals surface area contributed by atoms with Crippen LogP contribution in [0.25, 0.3) is 0 Å². The lowest BCUT2D eigenvalue weighted by Crippen LogP contribution is -2.48. The van der Waals surface area contributed by atoms with Gasteiger partial charge in [0, 0.05) is 38.9 Å². The van der Waals surface area contributed by atoms with E-state index in [1.54, 1.807) is 0 Å². The van der Waals surface area contributed by atoms with Crippen molar-refractivity contribution < 1.29 is 0 Å². The number of rotatable bonds is 3. The maximum Gasteiger partial charge on any atom is 0.128 e. The van der Waals surface area contributed by atoms with Gasteiger partial charge in [-0.3, -0.25) is 4.90 Å². The van der Waals surface area contributed by atoms with Crippen molar-refractivity contribution >= 4 is 23.0 Å². The Labute approximate surface area is 127 Å². The van der Waals surface area contributed by atoms with Crippen LogP contribution in [0, 0.1) is 0 Å². The van der Waals surface area contributed by atoms with Gasteiger partial charge in [0.05, 0.1) is 4.99 Å². The van der Waals surface area contributed by atoms with E-state index in [1.807, 2.05) is 6.20 Å². The summed E-state index contributed by atoms with van der Waals surface area (Å²) in [6.07, 6.45) is 2.00. The normalized spacial score (nSPS) is 17.2. The summed E-state index contributed by atoms with van der Waals surface area (Å²) in [4.78, 5) is 9.80. The summed E-state index contributed by atoms with van der Waals surface area (Å²) in [5, 5.41) is 0. The smallest absolute Gasteiger partial charge is 0.128 e. The Bertz CT molecular complexity index is 456. The second-order valence-electron chi connectivity index (χ2n) is 6.38. The van der Waals surface area contributed by atoms with Crippen LogP contribution in [0.15, 0.2) is 18.3 Å². The van der Waals surface area contributed by atoms with Crippen LogP contribution in [-0.4, -0.2) is 47.6 Å². The van der Waals surface area contributed by atoms with Crippen LogP contribution in [0.1, 0.15) is 26.3 Å². The van der Waals surface area contributed by atoms with Gasteiger partial charge in [-0.05, 0) is 17.0 Å². The van der Waals surface area contributed by atoms with Gasteiger partial charge in [-0.25, -0.2) is 4.98 Å². The number of nitrogens with zero attached hydrogens (tertiary/aromatic N) is 3. The lowest BCUT2D eigenvalue weighted by molar-refractivity contribution is 0.291. The lowest BCUT2D eigenvalue weighted by atomic mass is 9.88. The fraction of sp³-hybridized carbons (Fsp3) is 0.600. The van der Waals surface area contributed by atoms with Crippen molar-refractivity contribution in [3.63, 3.8) is 0 Å². The van der Waals surface area contributed by atoms with E-state index < -0.39 is 0 Å². The second-order valence-corrected chi connectivity index (χ2v) is 6.91. The molecule has 0 bridgehead atoms. The topological polar surface area (TPSA) is 45.4 Å². The fourth-order valence-corrected chi connectivity index (χ4v) is 2.55. The molecule has 0 saturated carbocycles. The van der Waals surface area contributed by atoms with E-state index in [2.05, 4.69) is 47.7 Å². The average Bonchev–Trinajstić information content (AvgIpc) is 2.38. The highest BCUT2D eigenvalue weighted by Gasteiger charge is 2.19. The molecule has 0 aliphatic carbocycles. The lowest BCUT2D eigenvalue weighted by Gasteiger charge is -2.35. The van der Waals surface area contributed by atoms with Crippen LogP contribution in [-0.2, 0) is 5.41 Å². The van der Waals surface area contributed by atoms with Gasteiger partial charge in [-0.1, -0.05) is 39.1 Å². The van der Waals surface area contributed by atoms with Crippen LogP contribution in [0.3, 0.4) is 0 Å². The number of hydrogen-bond acceptors (Lipinski definition) is 4. The minimum atomic E-state index is 0.154. The number of pyridine rings is 1. The first-order chi connectivity index (χ1) is 9.36.